The molecule has 4 heteroatoms. The fourth-order valence-corrected chi connectivity index (χ4v) is 3.90. The van der Waals surface area contributed by atoms with Crippen molar-refractivity contribution in [2.45, 2.75) is 31.2 Å². The normalized spacial score (nSPS) is 20.3. The van der Waals surface area contributed by atoms with Gasteiger partial charge in [-0.05, 0) is 31.4 Å². The topological polar surface area (TPSA) is 49.8 Å². The van der Waals surface area contributed by atoms with Crippen molar-refractivity contribution < 1.29 is 14.6 Å². The van der Waals surface area contributed by atoms with Gasteiger partial charge >= 0.3 is 6.09 Å². The second-order valence-electron chi connectivity index (χ2n) is 6.19. The Hall–Kier alpha value is -2.49. The van der Waals surface area contributed by atoms with Crippen LogP contribution >= 0.6 is 0 Å². The van der Waals surface area contributed by atoms with Crippen LogP contribution in [0.4, 0.5) is 4.79 Å². The molecule has 0 saturated carbocycles. The zero-order valence-corrected chi connectivity index (χ0v) is 12.8. The van der Waals surface area contributed by atoms with Gasteiger partial charge in [0.2, 0.25) is 0 Å². The zero-order valence-electron chi connectivity index (χ0n) is 12.8. The maximum absolute atomic E-state index is 11.7. The van der Waals surface area contributed by atoms with E-state index in [2.05, 4.69) is 12.1 Å². The molecule has 23 heavy (non-hydrogen) atoms. The molecule has 2 aliphatic heterocycles. The van der Waals surface area contributed by atoms with Crippen LogP contribution in [0.5, 0.6) is 11.5 Å². The number of piperidine rings is 1. The Balaban J connectivity index is 1.85. The number of hydrogen-bond donors (Lipinski definition) is 1. The summed E-state index contributed by atoms with van der Waals surface area (Å²) >= 11 is 0. The van der Waals surface area contributed by atoms with E-state index in [1.54, 1.807) is 4.90 Å². The molecule has 0 aromatic heterocycles. The van der Waals surface area contributed by atoms with Crippen LogP contribution in [-0.2, 0) is 0 Å². The summed E-state index contributed by atoms with van der Waals surface area (Å²) in [5.41, 5.74) is 2.17. The van der Waals surface area contributed by atoms with E-state index in [-0.39, 0.29) is 12.0 Å². The quantitative estimate of drug-likeness (QED) is 0.846. The zero-order chi connectivity index (χ0) is 15.8. The molecule has 1 amide bonds. The molecule has 1 unspecified atom stereocenters. The van der Waals surface area contributed by atoms with Gasteiger partial charge in [0, 0.05) is 29.6 Å². The Morgan fingerprint density at radius 1 is 1.00 bits per heavy atom. The molecule has 2 heterocycles. The number of carbonyl (C=O) groups is 1. The summed E-state index contributed by atoms with van der Waals surface area (Å²) in [5.74, 6) is 1.71. The van der Waals surface area contributed by atoms with Crippen molar-refractivity contribution in [3.05, 3.63) is 59.7 Å². The summed E-state index contributed by atoms with van der Waals surface area (Å²) in [5, 5.41) is 9.63. The third-order valence-electron chi connectivity index (χ3n) is 4.91. The number of ether oxygens (including phenoxy) is 1. The van der Waals surface area contributed by atoms with Crippen LogP contribution in [-0.4, -0.2) is 28.7 Å². The predicted molar refractivity (Wildman–Crippen MR) is 87.2 cm³/mol. The number of hydrogen-bond acceptors (Lipinski definition) is 2. The summed E-state index contributed by atoms with van der Waals surface area (Å²) in [6, 6.07) is 15.9. The molecular weight excluding hydrogens is 290 g/mol. The third-order valence-corrected chi connectivity index (χ3v) is 4.91. The number of para-hydroxylation sites is 2. The molecule has 1 saturated heterocycles. The van der Waals surface area contributed by atoms with Gasteiger partial charge in [-0.3, -0.25) is 0 Å². The number of benzene rings is 2. The monoisotopic (exact) mass is 309 g/mol. The molecule has 1 atom stereocenters. The molecule has 4 rings (SSSR count). The Morgan fingerprint density at radius 2 is 1.61 bits per heavy atom. The fourth-order valence-electron chi connectivity index (χ4n) is 3.90. The molecule has 118 valence electrons. The van der Waals surface area contributed by atoms with Gasteiger partial charge in [0.05, 0.1) is 0 Å². The highest BCUT2D eigenvalue weighted by Gasteiger charge is 2.39. The first kappa shape index (κ1) is 14.1. The van der Waals surface area contributed by atoms with Gasteiger partial charge in [-0.1, -0.05) is 36.4 Å². The molecule has 2 aromatic carbocycles. The minimum Gasteiger partial charge on any atom is -0.465 e. The van der Waals surface area contributed by atoms with E-state index in [1.807, 2.05) is 36.4 Å². The summed E-state index contributed by atoms with van der Waals surface area (Å²) in [6.07, 6.45) is 2.07. The minimum absolute atomic E-state index is 0.0348. The van der Waals surface area contributed by atoms with Gasteiger partial charge in [0.25, 0.3) is 0 Å². The minimum atomic E-state index is -0.823. The highest BCUT2D eigenvalue weighted by atomic mass is 16.5. The fraction of sp³-hybridized carbons (Fsp3) is 0.316. The van der Waals surface area contributed by atoms with Crippen molar-refractivity contribution in [3.8, 4) is 11.5 Å². The van der Waals surface area contributed by atoms with Crippen LogP contribution in [0.15, 0.2) is 48.5 Å². The average Bonchev–Trinajstić information content (AvgIpc) is 2.59. The number of rotatable bonds is 1. The van der Waals surface area contributed by atoms with E-state index in [9.17, 15) is 9.90 Å². The van der Waals surface area contributed by atoms with Crippen molar-refractivity contribution in [2.75, 3.05) is 6.54 Å². The molecule has 0 aliphatic carbocycles. The van der Waals surface area contributed by atoms with E-state index in [0.29, 0.717) is 6.54 Å². The number of carboxylic acid groups (broad SMARTS) is 1. The predicted octanol–water partition coefficient (Wildman–Crippen LogP) is 4.46. The molecule has 0 spiro atoms. The van der Waals surface area contributed by atoms with Crippen molar-refractivity contribution in [3.63, 3.8) is 0 Å². The Kier molecular flexibility index (Phi) is 3.45. The van der Waals surface area contributed by atoms with E-state index in [0.717, 1.165) is 41.9 Å². The van der Waals surface area contributed by atoms with Crippen LogP contribution in [0.3, 0.4) is 0 Å². The molecule has 1 N–H and O–H groups in total. The Labute approximate surface area is 135 Å². The van der Waals surface area contributed by atoms with E-state index in [4.69, 9.17) is 4.74 Å². The SMILES string of the molecule is O=C(O)N1CCCCC1C1c2ccccc2Oc2ccccc21. The van der Waals surface area contributed by atoms with E-state index < -0.39 is 6.09 Å². The second kappa shape index (κ2) is 5.61. The van der Waals surface area contributed by atoms with Crippen LogP contribution in [0.1, 0.15) is 36.3 Å². The first-order valence-electron chi connectivity index (χ1n) is 8.11. The first-order chi connectivity index (χ1) is 11.3. The van der Waals surface area contributed by atoms with Gasteiger partial charge in [0.1, 0.15) is 11.5 Å². The summed E-state index contributed by atoms with van der Waals surface area (Å²) < 4.78 is 6.03. The van der Waals surface area contributed by atoms with Crippen LogP contribution in [0.2, 0.25) is 0 Å². The lowest BCUT2D eigenvalue weighted by Gasteiger charge is -2.41. The molecule has 2 aliphatic rings. The summed E-state index contributed by atoms with van der Waals surface area (Å²) in [7, 11) is 0. The maximum atomic E-state index is 11.7. The first-order valence-corrected chi connectivity index (χ1v) is 8.11. The lowest BCUT2D eigenvalue weighted by atomic mass is 9.79. The van der Waals surface area contributed by atoms with Gasteiger partial charge in [-0.2, -0.15) is 0 Å². The highest BCUT2D eigenvalue weighted by molar-refractivity contribution is 5.66. The maximum Gasteiger partial charge on any atom is 0.407 e. The number of amides is 1. The van der Waals surface area contributed by atoms with Crippen LogP contribution < -0.4 is 4.74 Å². The highest BCUT2D eigenvalue weighted by Crippen LogP contribution is 2.48. The molecule has 0 radical (unpaired) electrons. The van der Waals surface area contributed by atoms with Crippen LogP contribution in [0.25, 0.3) is 0 Å². The van der Waals surface area contributed by atoms with E-state index in [1.165, 1.54) is 0 Å². The number of likely N-dealkylation sites (tertiary alicyclic amines) is 1. The van der Waals surface area contributed by atoms with Crippen molar-refractivity contribution in [1.82, 2.24) is 4.90 Å². The Morgan fingerprint density at radius 3 is 2.22 bits per heavy atom. The van der Waals surface area contributed by atoms with Gasteiger partial charge < -0.3 is 14.7 Å². The molecule has 2 aromatic rings. The standard InChI is InChI=1S/C19H19NO3/c21-19(22)20-12-6-5-9-15(20)18-13-7-1-3-10-16(13)23-17-11-4-2-8-14(17)18/h1-4,7-8,10-11,15,18H,5-6,9,12H2,(H,21,22). The smallest absolute Gasteiger partial charge is 0.407 e. The average molecular weight is 309 g/mol. The van der Waals surface area contributed by atoms with Crippen molar-refractivity contribution in [1.29, 1.82) is 0 Å². The van der Waals surface area contributed by atoms with Gasteiger partial charge in [-0.15, -0.1) is 0 Å². The van der Waals surface area contributed by atoms with Crippen molar-refractivity contribution in [2.24, 2.45) is 0 Å². The molecule has 4 nitrogen and oxygen atoms in total. The van der Waals surface area contributed by atoms with E-state index >= 15 is 0 Å². The largest absolute Gasteiger partial charge is 0.465 e. The lowest BCUT2D eigenvalue weighted by molar-refractivity contribution is 0.0993. The summed E-state index contributed by atoms with van der Waals surface area (Å²) in [4.78, 5) is 13.3. The van der Waals surface area contributed by atoms with Crippen LogP contribution in [0, 0.1) is 0 Å². The lowest BCUT2D eigenvalue weighted by Crippen LogP contribution is -2.46. The second-order valence-corrected chi connectivity index (χ2v) is 6.19. The van der Waals surface area contributed by atoms with Crippen molar-refractivity contribution >= 4 is 6.09 Å². The number of nitrogens with zero attached hydrogens (tertiary/aromatic N) is 1. The van der Waals surface area contributed by atoms with Gasteiger partial charge in [0.15, 0.2) is 0 Å². The number of fused-ring (bicyclic) bond motifs is 2. The summed E-state index contributed by atoms with van der Waals surface area (Å²) in [6.45, 7) is 0.613. The molecule has 1 fully saturated rings. The molecular formula is C19H19NO3. The Bertz CT molecular complexity index is 697. The molecule has 0 bridgehead atoms. The third kappa shape index (κ3) is 2.34. The van der Waals surface area contributed by atoms with Gasteiger partial charge in [-0.25, -0.2) is 4.79 Å².